The fourth-order valence-corrected chi connectivity index (χ4v) is 2.26. The van der Waals surface area contributed by atoms with Gasteiger partial charge < -0.3 is 0 Å². The molecule has 5 heteroatoms. The topological polar surface area (TPSA) is 58.9 Å². The first-order chi connectivity index (χ1) is 8.98. The molecule has 3 rings (SSSR count). The van der Waals surface area contributed by atoms with Gasteiger partial charge in [0.1, 0.15) is 0 Å². The minimum absolute atomic E-state index is 0.0489. The predicted octanol–water partition coefficient (Wildman–Crippen LogP) is 2.73. The third-order valence-electron chi connectivity index (χ3n) is 3.20. The van der Waals surface area contributed by atoms with Crippen LogP contribution in [-0.2, 0) is 5.41 Å². The van der Waals surface area contributed by atoms with E-state index in [1.807, 2.05) is 29.8 Å². The molecule has 0 bridgehead atoms. The Morgan fingerprint density at radius 3 is 2.68 bits per heavy atom. The van der Waals surface area contributed by atoms with Crippen molar-refractivity contribution in [3.63, 3.8) is 0 Å². The second-order valence-electron chi connectivity index (χ2n) is 5.76. The first-order valence-corrected chi connectivity index (χ1v) is 6.32. The highest BCUT2D eigenvalue weighted by Gasteiger charge is 2.26. The van der Waals surface area contributed by atoms with Crippen molar-refractivity contribution in [3.8, 4) is 11.3 Å². The second kappa shape index (κ2) is 3.91. The Bertz CT molecular complexity index is 730. The normalized spacial score (nSPS) is 12.2. The molecule has 3 aromatic heterocycles. The number of hydrogen-bond donors (Lipinski definition) is 1. The molecule has 0 aliphatic rings. The van der Waals surface area contributed by atoms with Gasteiger partial charge in [0.05, 0.1) is 17.6 Å². The monoisotopic (exact) mass is 255 g/mol. The Hall–Kier alpha value is -2.17. The van der Waals surface area contributed by atoms with Crippen molar-refractivity contribution in [2.75, 3.05) is 0 Å². The number of H-pyrrole nitrogens is 1. The Balaban J connectivity index is 2.41. The van der Waals surface area contributed by atoms with Gasteiger partial charge in [0, 0.05) is 29.1 Å². The van der Waals surface area contributed by atoms with Crippen LogP contribution < -0.4 is 0 Å². The van der Waals surface area contributed by atoms with E-state index in [-0.39, 0.29) is 5.41 Å². The third kappa shape index (κ3) is 1.82. The maximum Gasteiger partial charge on any atom is 0.234 e. The van der Waals surface area contributed by atoms with Crippen LogP contribution in [0.25, 0.3) is 17.0 Å². The zero-order chi connectivity index (χ0) is 13.6. The Morgan fingerprint density at radius 1 is 1.26 bits per heavy atom. The molecule has 0 saturated carbocycles. The van der Waals surface area contributed by atoms with Gasteiger partial charge in [-0.05, 0) is 13.0 Å². The molecule has 0 atom stereocenters. The summed E-state index contributed by atoms with van der Waals surface area (Å²) in [6, 6.07) is 1.92. The van der Waals surface area contributed by atoms with Crippen LogP contribution in [0.15, 0.2) is 24.7 Å². The molecule has 0 aliphatic carbocycles. The zero-order valence-corrected chi connectivity index (χ0v) is 11.6. The standard InChI is InChI=1S/C14H17N5/c1-9-10(8-16-18-9)11-12(14(2,3)4)17-13-15-6-5-7-19(11)13/h5-8H,1-4H3,(H,16,18). The lowest BCUT2D eigenvalue weighted by atomic mass is 9.89. The Kier molecular flexibility index (Phi) is 2.45. The summed E-state index contributed by atoms with van der Waals surface area (Å²) in [6.45, 7) is 8.50. The van der Waals surface area contributed by atoms with E-state index < -0.39 is 0 Å². The quantitative estimate of drug-likeness (QED) is 0.727. The van der Waals surface area contributed by atoms with Gasteiger partial charge >= 0.3 is 0 Å². The molecule has 0 unspecified atom stereocenters. The van der Waals surface area contributed by atoms with Crippen LogP contribution in [0.4, 0.5) is 0 Å². The number of hydrogen-bond acceptors (Lipinski definition) is 3. The molecular formula is C14H17N5. The summed E-state index contributed by atoms with van der Waals surface area (Å²) in [5.74, 6) is 0.725. The molecule has 1 N–H and O–H groups in total. The third-order valence-corrected chi connectivity index (χ3v) is 3.20. The SMILES string of the molecule is Cc1[nH]ncc1-c1c(C(C)(C)C)nc2ncccn12. The fraction of sp³-hybridized carbons (Fsp3) is 0.357. The van der Waals surface area contributed by atoms with Crippen LogP contribution in [0, 0.1) is 6.92 Å². The van der Waals surface area contributed by atoms with Crippen molar-refractivity contribution in [3.05, 3.63) is 36.0 Å². The van der Waals surface area contributed by atoms with Crippen LogP contribution in [0.2, 0.25) is 0 Å². The van der Waals surface area contributed by atoms with E-state index in [4.69, 9.17) is 4.98 Å². The second-order valence-corrected chi connectivity index (χ2v) is 5.76. The number of fused-ring (bicyclic) bond motifs is 1. The van der Waals surface area contributed by atoms with Crippen LogP contribution in [0.1, 0.15) is 32.2 Å². The van der Waals surface area contributed by atoms with Gasteiger partial charge in [-0.15, -0.1) is 0 Å². The Labute approximate surface area is 111 Å². The number of aromatic nitrogens is 5. The average Bonchev–Trinajstić information content (AvgIpc) is 2.91. The molecule has 5 nitrogen and oxygen atoms in total. The summed E-state index contributed by atoms with van der Waals surface area (Å²) < 4.78 is 2.03. The van der Waals surface area contributed by atoms with E-state index >= 15 is 0 Å². The highest BCUT2D eigenvalue weighted by Crippen LogP contribution is 2.33. The Morgan fingerprint density at radius 2 is 2.05 bits per heavy atom. The smallest absolute Gasteiger partial charge is 0.234 e. The first-order valence-electron chi connectivity index (χ1n) is 6.32. The van der Waals surface area contributed by atoms with E-state index in [9.17, 15) is 0 Å². The van der Waals surface area contributed by atoms with Gasteiger partial charge in [-0.1, -0.05) is 20.8 Å². The molecule has 0 aliphatic heterocycles. The molecule has 0 amide bonds. The minimum Gasteiger partial charge on any atom is -0.283 e. The maximum atomic E-state index is 4.69. The molecule has 3 aromatic rings. The van der Waals surface area contributed by atoms with Crippen LogP contribution in [0.3, 0.4) is 0 Å². The zero-order valence-electron chi connectivity index (χ0n) is 11.6. The van der Waals surface area contributed by atoms with Crippen molar-refractivity contribution in [2.24, 2.45) is 0 Å². The first kappa shape index (κ1) is 11.9. The van der Waals surface area contributed by atoms with Crippen LogP contribution >= 0.6 is 0 Å². The summed E-state index contributed by atoms with van der Waals surface area (Å²) in [7, 11) is 0. The number of rotatable bonds is 1. The number of aromatic amines is 1. The van der Waals surface area contributed by atoms with E-state index in [0.717, 1.165) is 28.4 Å². The molecule has 0 fully saturated rings. The number of nitrogens with one attached hydrogen (secondary N) is 1. The van der Waals surface area contributed by atoms with E-state index in [1.54, 1.807) is 6.20 Å². The van der Waals surface area contributed by atoms with Gasteiger partial charge in [0.25, 0.3) is 0 Å². The van der Waals surface area contributed by atoms with E-state index in [0.29, 0.717) is 0 Å². The van der Waals surface area contributed by atoms with E-state index in [1.165, 1.54) is 0 Å². The molecule has 0 radical (unpaired) electrons. The summed E-state index contributed by atoms with van der Waals surface area (Å²) in [4.78, 5) is 9.03. The van der Waals surface area contributed by atoms with Crippen molar-refractivity contribution in [2.45, 2.75) is 33.1 Å². The van der Waals surface area contributed by atoms with E-state index in [2.05, 4.69) is 36.0 Å². The molecule has 3 heterocycles. The van der Waals surface area contributed by atoms with Crippen molar-refractivity contribution < 1.29 is 0 Å². The number of imidazole rings is 1. The summed E-state index contributed by atoms with van der Waals surface area (Å²) >= 11 is 0. The maximum absolute atomic E-state index is 4.69. The predicted molar refractivity (Wildman–Crippen MR) is 74.0 cm³/mol. The largest absolute Gasteiger partial charge is 0.283 e. The lowest BCUT2D eigenvalue weighted by Gasteiger charge is -2.17. The summed E-state index contributed by atoms with van der Waals surface area (Å²) in [5, 5.41) is 7.11. The molecular weight excluding hydrogens is 238 g/mol. The minimum atomic E-state index is -0.0489. The van der Waals surface area contributed by atoms with Gasteiger partial charge in [0.2, 0.25) is 5.78 Å². The van der Waals surface area contributed by atoms with Gasteiger partial charge in [-0.3, -0.25) is 9.50 Å². The van der Waals surface area contributed by atoms with Crippen LogP contribution in [-0.4, -0.2) is 24.6 Å². The summed E-state index contributed by atoms with van der Waals surface area (Å²) in [6.07, 6.45) is 5.61. The molecule has 98 valence electrons. The van der Waals surface area contributed by atoms with Gasteiger partial charge in [-0.25, -0.2) is 9.97 Å². The molecule has 0 aromatic carbocycles. The van der Waals surface area contributed by atoms with Crippen molar-refractivity contribution in [1.82, 2.24) is 24.6 Å². The molecule has 0 saturated heterocycles. The van der Waals surface area contributed by atoms with Gasteiger partial charge in [0.15, 0.2) is 0 Å². The highest BCUT2D eigenvalue weighted by molar-refractivity contribution is 5.68. The lowest BCUT2D eigenvalue weighted by molar-refractivity contribution is 0.575. The lowest BCUT2D eigenvalue weighted by Crippen LogP contribution is -2.13. The number of nitrogens with zero attached hydrogens (tertiary/aromatic N) is 4. The van der Waals surface area contributed by atoms with Crippen molar-refractivity contribution in [1.29, 1.82) is 0 Å². The average molecular weight is 255 g/mol. The van der Waals surface area contributed by atoms with Gasteiger partial charge in [-0.2, -0.15) is 5.10 Å². The molecule has 19 heavy (non-hydrogen) atoms. The highest BCUT2D eigenvalue weighted by atomic mass is 15.1. The molecule has 0 spiro atoms. The number of aryl methyl sites for hydroxylation is 1. The fourth-order valence-electron chi connectivity index (χ4n) is 2.26. The summed E-state index contributed by atoms with van der Waals surface area (Å²) in [5.41, 5.74) is 4.17. The van der Waals surface area contributed by atoms with Crippen LogP contribution in [0.5, 0.6) is 0 Å². The van der Waals surface area contributed by atoms with Crippen molar-refractivity contribution >= 4 is 5.78 Å².